The molecule has 0 aliphatic carbocycles. The summed E-state index contributed by atoms with van der Waals surface area (Å²) in [6.45, 7) is -0.432. The zero-order chi connectivity index (χ0) is 21.6. The first-order valence-electron chi connectivity index (χ1n) is 8.14. The largest absolute Gasteiger partial charge is 0.496 e. The van der Waals surface area contributed by atoms with Crippen molar-refractivity contribution < 1.29 is 22.7 Å². The van der Waals surface area contributed by atoms with Crippen LogP contribution in [0.4, 0.5) is 0 Å². The Hall–Kier alpha value is -2.14. The quantitative estimate of drug-likeness (QED) is 0.440. The minimum Gasteiger partial charge on any atom is -0.496 e. The maximum Gasteiger partial charge on any atom is 0.255 e. The summed E-state index contributed by atoms with van der Waals surface area (Å²) >= 11 is 9.33. The van der Waals surface area contributed by atoms with Crippen LogP contribution in [0.3, 0.4) is 0 Å². The smallest absolute Gasteiger partial charge is 0.255 e. The van der Waals surface area contributed by atoms with Crippen molar-refractivity contribution in [3.05, 3.63) is 51.5 Å². The lowest BCUT2D eigenvalue weighted by atomic mass is 10.2. The molecule has 0 fully saturated rings. The molecule has 0 saturated heterocycles. The van der Waals surface area contributed by atoms with E-state index in [0.717, 1.165) is 8.78 Å². The third kappa shape index (κ3) is 5.92. The predicted molar refractivity (Wildman–Crippen MR) is 114 cm³/mol. The first kappa shape index (κ1) is 23.1. The molecular weight excluding hydrogens is 486 g/mol. The molecule has 0 radical (unpaired) electrons. The lowest BCUT2D eigenvalue weighted by Gasteiger charge is -2.16. The highest BCUT2D eigenvalue weighted by atomic mass is 79.9. The molecule has 11 heteroatoms. The molecule has 2 aromatic carbocycles. The van der Waals surface area contributed by atoms with E-state index in [1.165, 1.54) is 45.7 Å². The normalized spacial score (nSPS) is 11.7. The SMILES string of the molecule is COc1ccc(S(=O)(=O)N(C)CC(=O)N/N=C/c2cc(Br)ccc2OC)cc1Cl. The van der Waals surface area contributed by atoms with Gasteiger partial charge in [0.05, 0.1) is 36.9 Å². The predicted octanol–water partition coefficient (Wildman–Crippen LogP) is 2.89. The van der Waals surface area contributed by atoms with Crippen molar-refractivity contribution in [3.63, 3.8) is 0 Å². The number of benzene rings is 2. The fourth-order valence-corrected chi connectivity index (χ4v) is 4.15. The Labute approximate surface area is 182 Å². The number of methoxy groups -OCH3 is 2. The van der Waals surface area contributed by atoms with Crippen LogP contribution in [0.1, 0.15) is 5.56 Å². The zero-order valence-electron chi connectivity index (χ0n) is 15.8. The number of rotatable bonds is 8. The summed E-state index contributed by atoms with van der Waals surface area (Å²) in [4.78, 5) is 12.0. The summed E-state index contributed by atoms with van der Waals surface area (Å²) in [5.41, 5.74) is 2.93. The van der Waals surface area contributed by atoms with Crippen LogP contribution in [0.2, 0.25) is 5.02 Å². The number of carbonyl (C=O) groups excluding carboxylic acids is 1. The van der Waals surface area contributed by atoms with E-state index in [2.05, 4.69) is 26.5 Å². The van der Waals surface area contributed by atoms with E-state index >= 15 is 0 Å². The first-order valence-corrected chi connectivity index (χ1v) is 10.8. The van der Waals surface area contributed by atoms with Crippen LogP contribution in [0, 0.1) is 0 Å². The van der Waals surface area contributed by atoms with Gasteiger partial charge in [-0.2, -0.15) is 9.41 Å². The van der Waals surface area contributed by atoms with Crippen molar-refractivity contribution in [1.29, 1.82) is 0 Å². The van der Waals surface area contributed by atoms with E-state index in [4.69, 9.17) is 21.1 Å². The fraction of sp³-hybridized carbons (Fsp3) is 0.222. The van der Waals surface area contributed by atoms with E-state index in [1.54, 1.807) is 18.2 Å². The molecule has 29 heavy (non-hydrogen) atoms. The number of hydrazone groups is 1. The van der Waals surface area contributed by atoms with Crippen molar-refractivity contribution >= 4 is 49.7 Å². The van der Waals surface area contributed by atoms with Crippen molar-refractivity contribution in [3.8, 4) is 11.5 Å². The summed E-state index contributed by atoms with van der Waals surface area (Å²) in [7, 11) is 0.310. The van der Waals surface area contributed by atoms with Crippen LogP contribution >= 0.6 is 27.5 Å². The van der Waals surface area contributed by atoms with E-state index in [9.17, 15) is 13.2 Å². The van der Waals surface area contributed by atoms with E-state index in [1.807, 2.05) is 0 Å². The number of nitrogens with one attached hydrogen (secondary N) is 1. The number of amides is 1. The second-order valence-electron chi connectivity index (χ2n) is 5.74. The Balaban J connectivity index is 2.05. The van der Waals surface area contributed by atoms with E-state index in [-0.39, 0.29) is 9.92 Å². The third-order valence-electron chi connectivity index (χ3n) is 3.78. The summed E-state index contributed by atoms with van der Waals surface area (Å²) in [6, 6.07) is 9.37. The molecule has 0 aromatic heterocycles. The Bertz CT molecular complexity index is 1030. The van der Waals surface area contributed by atoms with Crippen LogP contribution in [-0.2, 0) is 14.8 Å². The fourth-order valence-electron chi connectivity index (χ4n) is 2.29. The molecule has 0 spiro atoms. The standard InChI is InChI=1S/C18H19BrClN3O5S/c1-23(29(25,26)14-5-7-17(28-3)15(20)9-14)11-18(24)22-21-10-12-8-13(19)4-6-16(12)27-2/h4-10H,11H2,1-3H3,(H,22,24)/b21-10+. The molecular formula is C18H19BrClN3O5S. The van der Waals surface area contributed by atoms with Crippen LogP contribution in [0.25, 0.3) is 0 Å². The Kier molecular flexibility index (Phi) is 8.03. The molecule has 0 unspecified atom stereocenters. The van der Waals surface area contributed by atoms with Gasteiger partial charge in [-0.15, -0.1) is 0 Å². The molecule has 0 heterocycles. The Morgan fingerprint density at radius 3 is 2.48 bits per heavy atom. The summed E-state index contributed by atoms with van der Waals surface area (Å²) in [6.07, 6.45) is 1.40. The van der Waals surface area contributed by atoms with Gasteiger partial charge in [-0.3, -0.25) is 4.79 Å². The lowest BCUT2D eigenvalue weighted by Crippen LogP contribution is -2.36. The maximum absolute atomic E-state index is 12.6. The van der Waals surface area contributed by atoms with Crippen molar-refractivity contribution in [1.82, 2.24) is 9.73 Å². The highest BCUT2D eigenvalue weighted by Crippen LogP contribution is 2.28. The number of carbonyl (C=O) groups is 1. The highest BCUT2D eigenvalue weighted by Gasteiger charge is 2.24. The van der Waals surface area contributed by atoms with Crippen LogP contribution in [0.15, 0.2) is 50.9 Å². The number of halogens is 2. The average molecular weight is 505 g/mol. The topological polar surface area (TPSA) is 97.3 Å². The molecule has 1 N–H and O–H groups in total. The molecule has 156 valence electrons. The van der Waals surface area contributed by atoms with Crippen molar-refractivity contribution in [2.45, 2.75) is 4.90 Å². The second-order valence-corrected chi connectivity index (χ2v) is 9.10. The summed E-state index contributed by atoms with van der Waals surface area (Å²) < 4.78 is 37.2. The van der Waals surface area contributed by atoms with Crippen molar-refractivity contribution in [2.75, 3.05) is 27.8 Å². The first-order chi connectivity index (χ1) is 13.7. The summed E-state index contributed by atoms with van der Waals surface area (Å²) in [5.74, 6) is 0.312. The van der Waals surface area contributed by atoms with Crippen molar-refractivity contribution in [2.24, 2.45) is 5.10 Å². The number of ether oxygens (including phenoxy) is 2. The number of hydrogen-bond donors (Lipinski definition) is 1. The number of nitrogens with zero attached hydrogens (tertiary/aromatic N) is 2. The minimum absolute atomic E-state index is 0.0547. The number of sulfonamides is 1. The molecule has 8 nitrogen and oxygen atoms in total. The molecule has 0 aliphatic heterocycles. The van der Waals surface area contributed by atoms with E-state index in [0.29, 0.717) is 17.1 Å². The molecule has 2 rings (SSSR count). The van der Waals surface area contributed by atoms with Gasteiger partial charge < -0.3 is 9.47 Å². The number of likely N-dealkylation sites (N-methyl/N-ethyl adjacent to an activating group) is 1. The summed E-state index contributed by atoms with van der Waals surface area (Å²) in [5, 5.41) is 4.00. The lowest BCUT2D eigenvalue weighted by molar-refractivity contribution is -0.121. The highest BCUT2D eigenvalue weighted by molar-refractivity contribution is 9.10. The molecule has 2 aromatic rings. The molecule has 0 bridgehead atoms. The third-order valence-corrected chi connectivity index (χ3v) is 6.37. The van der Waals surface area contributed by atoms with Gasteiger partial charge in [0.25, 0.3) is 5.91 Å². The van der Waals surface area contributed by atoms with Gasteiger partial charge >= 0.3 is 0 Å². The Morgan fingerprint density at radius 2 is 1.86 bits per heavy atom. The molecule has 0 atom stereocenters. The number of hydrogen-bond acceptors (Lipinski definition) is 6. The Morgan fingerprint density at radius 1 is 1.21 bits per heavy atom. The van der Waals surface area contributed by atoms with Crippen LogP contribution < -0.4 is 14.9 Å². The average Bonchev–Trinajstić information content (AvgIpc) is 2.68. The van der Waals surface area contributed by atoms with Crippen LogP contribution in [-0.4, -0.2) is 52.7 Å². The second kappa shape index (κ2) is 10.1. The molecule has 0 aliphatic rings. The van der Waals surface area contributed by atoms with E-state index < -0.39 is 22.5 Å². The zero-order valence-corrected chi connectivity index (χ0v) is 19.0. The van der Waals surface area contributed by atoms with Gasteiger partial charge in [-0.25, -0.2) is 13.8 Å². The molecule has 1 amide bonds. The minimum atomic E-state index is -3.92. The van der Waals surface area contributed by atoms with Gasteiger partial charge in [0.1, 0.15) is 11.5 Å². The maximum atomic E-state index is 12.6. The molecule has 0 saturated carbocycles. The van der Waals surface area contributed by atoms with Gasteiger partial charge in [0.2, 0.25) is 10.0 Å². The van der Waals surface area contributed by atoms with Gasteiger partial charge in [0, 0.05) is 17.1 Å². The van der Waals surface area contributed by atoms with Gasteiger partial charge in [-0.05, 0) is 36.4 Å². The monoisotopic (exact) mass is 503 g/mol. The van der Waals surface area contributed by atoms with Crippen LogP contribution in [0.5, 0.6) is 11.5 Å². The van der Waals surface area contributed by atoms with Gasteiger partial charge in [0.15, 0.2) is 0 Å². The van der Waals surface area contributed by atoms with Gasteiger partial charge in [-0.1, -0.05) is 27.5 Å².